The Labute approximate surface area is 129 Å². The number of benzene rings is 1. The minimum absolute atomic E-state index is 0.253. The van der Waals surface area contributed by atoms with Crippen molar-refractivity contribution in [2.75, 3.05) is 26.8 Å². The third kappa shape index (κ3) is 3.47. The third-order valence-electron chi connectivity index (χ3n) is 5.12. The third-order valence-corrected chi connectivity index (χ3v) is 5.12. The average Bonchev–Trinajstić information content (AvgIpc) is 2.55. The number of hydrogen-bond donors (Lipinski definition) is 1. The SMILES string of the molecule is CCC1(CC)CNC(c2ccccc2)CN1C(C)COC. The normalized spacial score (nSPS) is 23.9. The van der Waals surface area contributed by atoms with Crippen LogP contribution >= 0.6 is 0 Å². The van der Waals surface area contributed by atoms with Crippen LogP contribution in [0.2, 0.25) is 0 Å². The van der Waals surface area contributed by atoms with Gasteiger partial charge >= 0.3 is 0 Å². The molecule has 1 aliphatic rings. The maximum Gasteiger partial charge on any atom is 0.0615 e. The molecule has 0 aliphatic carbocycles. The van der Waals surface area contributed by atoms with Crippen LogP contribution in [0.5, 0.6) is 0 Å². The summed E-state index contributed by atoms with van der Waals surface area (Å²) in [4.78, 5) is 2.67. The minimum atomic E-state index is 0.253. The van der Waals surface area contributed by atoms with Crippen molar-refractivity contribution in [1.29, 1.82) is 0 Å². The van der Waals surface area contributed by atoms with Crippen molar-refractivity contribution in [2.24, 2.45) is 0 Å². The first-order valence-corrected chi connectivity index (χ1v) is 8.21. The summed E-state index contributed by atoms with van der Waals surface area (Å²) in [5.74, 6) is 0. The van der Waals surface area contributed by atoms with Crippen molar-refractivity contribution in [2.45, 2.75) is 51.2 Å². The zero-order valence-electron chi connectivity index (χ0n) is 13.9. The first-order chi connectivity index (χ1) is 10.2. The van der Waals surface area contributed by atoms with E-state index in [-0.39, 0.29) is 5.54 Å². The van der Waals surface area contributed by atoms with Gasteiger partial charge in [-0.25, -0.2) is 0 Å². The van der Waals surface area contributed by atoms with E-state index < -0.39 is 0 Å². The number of rotatable bonds is 6. The van der Waals surface area contributed by atoms with Gasteiger partial charge in [0, 0.05) is 37.8 Å². The van der Waals surface area contributed by atoms with Gasteiger partial charge in [-0.1, -0.05) is 44.2 Å². The van der Waals surface area contributed by atoms with E-state index in [0.717, 1.165) is 19.7 Å². The summed E-state index contributed by atoms with van der Waals surface area (Å²) >= 11 is 0. The van der Waals surface area contributed by atoms with E-state index in [1.165, 1.54) is 18.4 Å². The smallest absolute Gasteiger partial charge is 0.0615 e. The van der Waals surface area contributed by atoms with Gasteiger partial charge < -0.3 is 10.1 Å². The van der Waals surface area contributed by atoms with E-state index in [2.05, 4.69) is 61.3 Å². The first-order valence-electron chi connectivity index (χ1n) is 8.21. The number of ether oxygens (including phenoxy) is 1. The van der Waals surface area contributed by atoms with Crippen molar-refractivity contribution < 1.29 is 4.74 Å². The Balaban J connectivity index is 2.20. The lowest BCUT2D eigenvalue weighted by Crippen LogP contribution is -2.64. The molecular weight excluding hydrogens is 260 g/mol. The molecule has 2 atom stereocenters. The predicted molar refractivity (Wildman–Crippen MR) is 88.5 cm³/mol. The molecule has 3 heteroatoms. The van der Waals surface area contributed by atoms with Gasteiger partial charge in [0.15, 0.2) is 0 Å². The zero-order valence-corrected chi connectivity index (χ0v) is 13.9. The molecule has 0 radical (unpaired) electrons. The molecule has 1 fully saturated rings. The van der Waals surface area contributed by atoms with E-state index in [0.29, 0.717) is 12.1 Å². The Kier molecular flexibility index (Phi) is 5.80. The molecular formula is C18H30N2O. The van der Waals surface area contributed by atoms with Crippen LogP contribution in [0.4, 0.5) is 0 Å². The quantitative estimate of drug-likeness (QED) is 0.870. The summed E-state index contributed by atoms with van der Waals surface area (Å²) in [5, 5.41) is 3.77. The monoisotopic (exact) mass is 290 g/mol. The minimum Gasteiger partial charge on any atom is -0.383 e. The van der Waals surface area contributed by atoms with Gasteiger partial charge in [0.2, 0.25) is 0 Å². The molecule has 0 bridgehead atoms. The van der Waals surface area contributed by atoms with Crippen molar-refractivity contribution in [3.05, 3.63) is 35.9 Å². The highest BCUT2D eigenvalue weighted by molar-refractivity contribution is 5.21. The molecule has 2 rings (SSSR count). The molecule has 2 unspecified atom stereocenters. The summed E-state index contributed by atoms with van der Waals surface area (Å²) < 4.78 is 5.42. The van der Waals surface area contributed by atoms with Gasteiger partial charge in [-0.2, -0.15) is 0 Å². The fraction of sp³-hybridized carbons (Fsp3) is 0.667. The van der Waals surface area contributed by atoms with Crippen LogP contribution in [0.3, 0.4) is 0 Å². The van der Waals surface area contributed by atoms with Crippen LogP contribution in [-0.4, -0.2) is 43.3 Å². The van der Waals surface area contributed by atoms with E-state index in [1.807, 2.05) is 0 Å². The van der Waals surface area contributed by atoms with Crippen LogP contribution in [-0.2, 0) is 4.74 Å². The zero-order chi connectivity index (χ0) is 15.3. The van der Waals surface area contributed by atoms with Gasteiger partial charge in [0.25, 0.3) is 0 Å². The molecule has 1 saturated heterocycles. The summed E-state index contributed by atoms with van der Waals surface area (Å²) in [5.41, 5.74) is 1.64. The second-order valence-corrected chi connectivity index (χ2v) is 6.23. The van der Waals surface area contributed by atoms with Gasteiger partial charge in [0.1, 0.15) is 0 Å². The van der Waals surface area contributed by atoms with Crippen LogP contribution in [0.1, 0.15) is 45.2 Å². The lowest BCUT2D eigenvalue weighted by atomic mass is 9.85. The Bertz CT molecular complexity index is 416. The summed E-state index contributed by atoms with van der Waals surface area (Å²) in [7, 11) is 1.80. The highest BCUT2D eigenvalue weighted by Crippen LogP contribution is 2.33. The van der Waals surface area contributed by atoms with Crippen LogP contribution < -0.4 is 5.32 Å². The van der Waals surface area contributed by atoms with Gasteiger partial charge in [-0.15, -0.1) is 0 Å². The Hall–Kier alpha value is -0.900. The molecule has 0 amide bonds. The van der Waals surface area contributed by atoms with Crippen molar-refractivity contribution in [3.63, 3.8) is 0 Å². The number of hydrogen-bond acceptors (Lipinski definition) is 3. The largest absolute Gasteiger partial charge is 0.383 e. The van der Waals surface area contributed by atoms with Crippen molar-refractivity contribution in [1.82, 2.24) is 10.2 Å². The van der Waals surface area contributed by atoms with E-state index in [9.17, 15) is 0 Å². The second-order valence-electron chi connectivity index (χ2n) is 6.23. The molecule has 0 spiro atoms. The van der Waals surface area contributed by atoms with Crippen molar-refractivity contribution >= 4 is 0 Å². The van der Waals surface area contributed by atoms with Gasteiger partial charge in [-0.3, -0.25) is 4.90 Å². The topological polar surface area (TPSA) is 24.5 Å². The molecule has 0 saturated carbocycles. The molecule has 3 nitrogen and oxygen atoms in total. The second kappa shape index (κ2) is 7.39. The van der Waals surface area contributed by atoms with Gasteiger partial charge in [0.05, 0.1) is 6.61 Å². The Morgan fingerprint density at radius 1 is 1.29 bits per heavy atom. The first kappa shape index (κ1) is 16.5. The fourth-order valence-electron chi connectivity index (χ4n) is 3.66. The standard InChI is InChI=1S/C18H30N2O/c1-5-18(6-2)14-19-17(16-10-8-7-9-11-16)12-20(18)15(3)13-21-4/h7-11,15,17,19H,5-6,12-14H2,1-4H3. The summed E-state index contributed by atoms with van der Waals surface area (Å²) in [6, 6.07) is 11.6. The number of nitrogens with one attached hydrogen (secondary N) is 1. The molecule has 1 aromatic carbocycles. The van der Waals surface area contributed by atoms with Crippen molar-refractivity contribution in [3.8, 4) is 0 Å². The van der Waals surface area contributed by atoms with Crippen LogP contribution in [0.15, 0.2) is 30.3 Å². The Morgan fingerprint density at radius 3 is 2.52 bits per heavy atom. The lowest BCUT2D eigenvalue weighted by Gasteiger charge is -2.52. The molecule has 118 valence electrons. The van der Waals surface area contributed by atoms with Crippen LogP contribution in [0, 0.1) is 0 Å². The molecule has 1 N–H and O–H groups in total. The van der Waals surface area contributed by atoms with Gasteiger partial charge in [-0.05, 0) is 25.3 Å². The summed E-state index contributed by atoms with van der Waals surface area (Å²) in [6.45, 7) is 9.80. The number of nitrogens with zero attached hydrogens (tertiary/aromatic N) is 1. The molecule has 1 aliphatic heterocycles. The molecule has 21 heavy (non-hydrogen) atoms. The van der Waals surface area contributed by atoms with E-state index in [1.54, 1.807) is 7.11 Å². The molecule has 1 heterocycles. The highest BCUT2D eigenvalue weighted by Gasteiger charge is 2.41. The number of piperazine rings is 1. The summed E-state index contributed by atoms with van der Waals surface area (Å²) in [6.07, 6.45) is 2.35. The lowest BCUT2D eigenvalue weighted by molar-refractivity contribution is -0.0241. The van der Waals surface area contributed by atoms with Crippen LogP contribution in [0.25, 0.3) is 0 Å². The maximum atomic E-state index is 5.42. The van der Waals surface area contributed by atoms with E-state index in [4.69, 9.17) is 4.74 Å². The number of methoxy groups -OCH3 is 1. The average molecular weight is 290 g/mol. The van der Waals surface area contributed by atoms with E-state index >= 15 is 0 Å². The fourth-order valence-corrected chi connectivity index (χ4v) is 3.66. The predicted octanol–water partition coefficient (Wildman–Crippen LogP) is 3.23. The maximum absolute atomic E-state index is 5.42. The molecule has 1 aromatic rings. The highest BCUT2D eigenvalue weighted by atomic mass is 16.5. The Morgan fingerprint density at radius 2 is 1.95 bits per heavy atom. The molecule has 0 aromatic heterocycles.